The van der Waals surface area contributed by atoms with Crippen molar-refractivity contribution in [1.29, 1.82) is 0 Å². The maximum Gasteiger partial charge on any atom is 0.316 e. The van der Waals surface area contributed by atoms with Gasteiger partial charge in [0.25, 0.3) is 0 Å². The molecule has 0 spiro atoms. The van der Waals surface area contributed by atoms with Crippen molar-refractivity contribution in [3.05, 3.63) is 30.3 Å². The molecule has 1 aromatic carbocycles. The molecule has 0 aliphatic rings. The second-order valence-corrected chi connectivity index (χ2v) is 3.39. The standard InChI is InChI=1S/C11H14N4O2/c12-10-14-15-11(17-10)13-7-4-8-16-9-5-2-1-3-6-9/h1-3,5-6H,4,7-8H2,(H2,12,14)(H,13,15). The van der Waals surface area contributed by atoms with Gasteiger partial charge in [-0.25, -0.2) is 0 Å². The van der Waals surface area contributed by atoms with Gasteiger partial charge in [-0.15, -0.1) is 0 Å². The number of nitrogens with zero attached hydrogens (tertiary/aromatic N) is 2. The number of ether oxygens (including phenoxy) is 1. The predicted octanol–water partition coefficient (Wildman–Crippen LogP) is 1.53. The van der Waals surface area contributed by atoms with Crippen LogP contribution in [0.1, 0.15) is 6.42 Å². The highest BCUT2D eigenvalue weighted by atomic mass is 16.5. The Kier molecular flexibility index (Phi) is 3.80. The van der Waals surface area contributed by atoms with Gasteiger partial charge in [-0.2, -0.15) is 0 Å². The van der Waals surface area contributed by atoms with Crippen molar-refractivity contribution in [1.82, 2.24) is 10.2 Å². The number of benzene rings is 1. The number of nitrogens with two attached hydrogens (primary N) is 1. The molecule has 3 N–H and O–H groups in total. The molecule has 0 fully saturated rings. The summed E-state index contributed by atoms with van der Waals surface area (Å²) in [6, 6.07) is 10.1. The minimum atomic E-state index is 0.0630. The Bertz CT molecular complexity index is 444. The summed E-state index contributed by atoms with van der Waals surface area (Å²) in [6.07, 6.45) is 0.831. The molecule has 0 radical (unpaired) electrons. The molecule has 0 unspecified atom stereocenters. The number of hydrogen-bond donors (Lipinski definition) is 2. The summed E-state index contributed by atoms with van der Waals surface area (Å²) in [5, 5.41) is 10.2. The van der Waals surface area contributed by atoms with Crippen LogP contribution in [0.3, 0.4) is 0 Å². The fraction of sp³-hybridized carbons (Fsp3) is 0.273. The first-order valence-corrected chi connectivity index (χ1v) is 5.35. The molecule has 6 nitrogen and oxygen atoms in total. The summed E-state index contributed by atoms with van der Waals surface area (Å²) >= 11 is 0. The highest BCUT2D eigenvalue weighted by molar-refractivity contribution is 5.22. The zero-order valence-electron chi connectivity index (χ0n) is 9.30. The van der Waals surface area contributed by atoms with E-state index in [1.807, 2.05) is 30.3 Å². The number of nitrogen functional groups attached to an aromatic ring is 1. The summed E-state index contributed by atoms with van der Waals surface area (Å²) in [5.74, 6) is 0.870. The average molecular weight is 234 g/mol. The Labute approximate surface area is 98.8 Å². The molecular weight excluding hydrogens is 220 g/mol. The van der Waals surface area contributed by atoms with Gasteiger partial charge in [-0.1, -0.05) is 28.4 Å². The minimum absolute atomic E-state index is 0.0630. The Hall–Kier alpha value is -2.24. The first-order chi connectivity index (χ1) is 8.34. The van der Waals surface area contributed by atoms with Crippen LogP contribution in [0.2, 0.25) is 0 Å². The molecule has 6 heteroatoms. The van der Waals surface area contributed by atoms with Gasteiger partial charge in [-0.3, -0.25) is 0 Å². The molecule has 0 aliphatic heterocycles. The van der Waals surface area contributed by atoms with E-state index in [4.69, 9.17) is 14.9 Å². The number of aromatic nitrogens is 2. The van der Waals surface area contributed by atoms with Crippen LogP contribution in [0.25, 0.3) is 0 Å². The van der Waals surface area contributed by atoms with Crippen LogP contribution in [0.15, 0.2) is 34.7 Å². The van der Waals surface area contributed by atoms with Crippen molar-refractivity contribution in [3.63, 3.8) is 0 Å². The van der Waals surface area contributed by atoms with E-state index in [0.717, 1.165) is 12.2 Å². The Balaban J connectivity index is 1.61. The summed E-state index contributed by atoms with van der Waals surface area (Å²) in [5.41, 5.74) is 5.28. The quantitative estimate of drug-likeness (QED) is 0.737. The smallest absolute Gasteiger partial charge is 0.316 e. The van der Waals surface area contributed by atoms with Crippen molar-refractivity contribution >= 4 is 12.0 Å². The molecule has 1 heterocycles. The highest BCUT2D eigenvalue weighted by Gasteiger charge is 2.00. The number of anilines is 2. The van der Waals surface area contributed by atoms with Gasteiger partial charge >= 0.3 is 12.0 Å². The van der Waals surface area contributed by atoms with Crippen molar-refractivity contribution in [2.45, 2.75) is 6.42 Å². The number of para-hydroxylation sites is 1. The van der Waals surface area contributed by atoms with Gasteiger partial charge in [-0.05, 0) is 18.6 Å². The van der Waals surface area contributed by atoms with Crippen LogP contribution in [-0.2, 0) is 0 Å². The average Bonchev–Trinajstić information content (AvgIpc) is 2.76. The van der Waals surface area contributed by atoms with E-state index in [9.17, 15) is 0 Å². The molecule has 90 valence electrons. The normalized spacial score (nSPS) is 10.1. The zero-order valence-corrected chi connectivity index (χ0v) is 9.30. The molecule has 0 bridgehead atoms. The fourth-order valence-corrected chi connectivity index (χ4v) is 1.28. The predicted molar refractivity (Wildman–Crippen MR) is 63.8 cm³/mol. The minimum Gasteiger partial charge on any atom is -0.494 e. The van der Waals surface area contributed by atoms with Crippen LogP contribution >= 0.6 is 0 Å². The number of rotatable bonds is 6. The summed E-state index contributed by atoms with van der Waals surface area (Å²) in [6.45, 7) is 1.31. The first kappa shape index (κ1) is 11.3. The van der Waals surface area contributed by atoms with Gasteiger partial charge in [0.2, 0.25) is 0 Å². The molecule has 1 aromatic heterocycles. The van der Waals surface area contributed by atoms with E-state index in [1.165, 1.54) is 0 Å². The third-order valence-electron chi connectivity index (χ3n) is 2.05. The Morgan fingerprint density at radius 3 is 2.76 bits per heavy atom. The van der Waals surface area contributed by atoms with Crippen LogP contribution in [0.5, 0.6) is 5.75 Å². The molecular formula is C11H14N4O2. The number of hydrogen-bond acceptors (Lipinski definition) is 6. The maximum atomic E-state index is 5.52. The third-order valence-corrected chi connectivity index (χ3v) is 2.05. The van der Waals surface area contributed by atoms with Gasteiger partial charge in [0.15, 0.2) is 0 Å². The SMILES string of the molecule is Nc1nnc(NCCCOc2ccccc2)o1. The second kappa shape index (κ2) is 5.74. The Morgan fingerprint density at radius 2 is 2.06 bits per heavy atom. The topological polar surface area (TPSA) is 86.2 Å². The molecule has 17 heavy (non-hydrogen) atoms. The van der Waals surface area contributed by atoms with Crippen molar-refractivity contribution in [2.75, 3.05) is 24.2 Å². The van der Waals surface area contributed by atoms with Crippen molar-refractivity contribution in [2.24, 2.45) is 0 Å². The summed E-state index contributed by atoms with van der Waals surface area (Å²) < 4.78 is 10.5. The number of nitrogens with one attached hydrogen (secondary N) is 1. The van der Waals surface area contributed by atoms with Crippen LogP contribution in [0, 0.1) is 0 Å². The lowest BCUT2D eigenvalue weighted by atomic mass is 10.3. The molecule has 0 amide bonds. The fourth-order valence-electron chi connectivity index (χ4n) is 1.28. The van der Waals surface area contributed by atoms with Crippen molar-refractivity contribution < 1.29 is 9.15 Å². The van der Waals surface area contributed by atoms with E-state index in [2.05, 4.69) is 15.5 Å². The summed E-state index contributed by atoms with van der Waals surface area (Å²) in [7, 11) is 0. The van der Waals surface area contributed by atoms with Crippen LogP contribution in [0.4, 0.5) is 12.0 Å². The van der Waals surface area contributed by atoms with Gasteiger partial charge in [0, 0.05) is 6.54 Å². The molecule has 0 aliphatic carbocycles. The van der Waals surface area contributed by atoms with E-state index in [1.54, 1.807) is 0 Å². The lowest BCUT2D eigenvalue weighted by Crippen LogP contribution is -2.07. The van der Waals surface area contributed by atoms with E-state index >= 15 is 0 Å². The molecule has 2 rings (SSSR count). The van der Waals surface area contributed by atoms with Gasteiger partial charge < -0.3 is 20.2 Å². The van der Waals surface area contributed by atoms with Gasteiger partial charge in [0.05, 0.1) is 6.61 Å². The zero-order chi connectivity index (χ0) is 11.9. The Morgan fingerprint density at radius 1 is 1.24 bits per heavy atom. The molecule has 0 saturated carbocycles. The third kappa shape index (κ3) is 3.67. The second-order valence-electron chi connectivity index (χ2n) is 3.39. The molecule has 0 atom stereocenters. The van der Waals surface area contributed by atoms with Crippen LogP contribution < -0.4 is 15.8 Å². The van der Waals surface area contributed by atoms with E-state index in [0.29, 0.717) is 19.2 Å². The lowest BCUT2D eigenvalue weighted by molar-refractivity contribution is 0.314. The molecule has 2 aromatic rings. The largest absolute Gasteiger partial charge is 0.494 e. The van der Waals surface area contributed by atoms with Crippen molar-refractivity contribution in [3.8, 4) is 5.75 Å². The van der Waals surface area contributed by atoms with Crippen LogP contribution in [-0.4, -0.2) is 23.3 Å². The lowest BCUT2D eigenvalue weighted by Gasteiger charge is -2.05. The van der Waals surface area contributed by atoms with E-state index in [-0.39, 0.29) is 6.01 Å². The highest BCUT2D eigenvalue weighted by Crippen LogP contribution is 2.09. The van der Waals surface area contributed by atoms with E-state index < -0.39 is 0 Å². The monoisotopic (exact) mass is 234 g/mol. The summed E-state index contributed by atoms with van der Waals surface area (Å²) in [4.78, 5) is 0. The first-order valence-electron chi connectivity index (χ1n) is 5.35. The molecule has 0 saturated heterocycles. The maximum absolute atomic E-state index is 5.52. The van der Waals surface area contributed by atoms with Gasteiger partial charge in [0.1, 0.15) is 5.75 Å².